The first-order valence-electron chi connectivity index (χ1n) is 5.25. The molecule has 82 valence electrons. The molecule has 0 bridgehead atoms. The number of hydrogen-bond acceptors (Lipinski definition) is 2. The van der Waals surface area contributed by atoms with E-state index in [0.29, 0.717) is 12.5 Å². The van der Waals surface area contributed by atoms with Crippen molar-refractivity contribution < 1.29 is 9.47 Å². The number of aryl methyl sites for hydroxylation is 1. The van der Waals surface area contributed by atoms with E-state index < -0.39 is 0 Å². The van der Waals surface area contributed by atoms with Gasteiger partial charge in [0, 0.05) is 6.42 Å². The van der Waals surface area contributed by atoms with E-state index in [1.54, 1.807) is 0 Å². The normalized spacial score (nSPS) is 25.7. The fourth-order valence-electron chi connectivity index (χ4n) is 1.67. The number of benzene rings is 1. The van der Waals surface area contributed by atoms with Gasteiger partial charge in [-0.25, -0.2) is 0 Å². The second-order valence-electron chi connectivity index (χ2n) is 3.70. The summed E-state index contributed by atoms with van der Waals surface area (Å²) < 4.78 is 11.0. The third-order valence-corrected chi connectivity index (χ3v) is 2.84. The monoisotopic (exact) mass is 226 g/mol. The van der Waals surface area contributed by atoms with Crippen molar-refractivity contribution in [2.75, 3.05) is 12.5 Å². The number of ether oxygens (including phenoxy) is 2. The van der Waals surface area contributed by atoms with Crippen LogP contribution >= 0.6 is 11.6 Å². The van der Waals surface area contributed by atoms with E-state index in [1.165, 1.54) is 5.56 Å². The molecule has 2 atom stereocenters. The molecule has 1 aliphatic heterocycles. The molecule has 1 fully saturated rings. The van der Waals surface area contributed by atoms with Crippen LogP contribution in [0.2, 0.25) is 0 Å². The number of rotatable bonds is 4. The van der Waals surface area contributed by atoms with E-state index >= 15 is 0 Å². The van der Waals surface area contributed by atoms with Gasteiger partial charge in [0.1, 0.15) is 0 Å². The van der Waals surface area contributed by atoms with E-state index in [-0.39, 0.29) is 12.4 Å². The Kier molecular flexibility index (Phi) is 4.01. The molecule has 0 saturated carbocycles. The number of alkyl halides is 1. The van der Waals surface area contributed by atoms with Gasteiger partial charge in [0.25, 0.3) is 0 Å². The second-order valence-corrected chi connectivity index (χ2v) is 4.01. The van der Waals surface area contributed by atoms with Crippen molar-refractivity contribution >= 4 is 11.6 Å². The molecule has 1 aliphatic rings. The van der Waals surface area contributed by atoms with Crippen molar-refractivity contribution in [1.29, 1.82) is 0 Å². The van der Waals surface area contributed by atoms with Crippen LogP contribution < -0.4 is 0 Å². The molecule has 0 aliphatic carbocycles. The maximum absolute atomic E-state index is 5.69. The highest BCUT2D eigenvalue weighted by Gasteiger charge is 2.24. The van der Waals surface area contributed by atoms with Crippen molar-refractivity contribution in [1.82, 2.24) is 0 Å². The predicted octanol–water partition coefficient (Wildman–Crippen LogP) is 2.60. The van der Waals surface area contributed by atoms with Crippen LogP contribution in [0.3, 0.4) is 0 Å². The smallest absolute Gasteiger partial charge is 0.158 e. The van der Waals surface area contributed by atoms with Crippen molar-refractivity contribution in [3.05, 3.63) is 35.9 Å². The molecule has 0 radical (unpaired) electrons. The van der Waals surface area contributed by atoms with E-state index in [0.717, 1.165) is 12.8 Å². The second kappa shape index (κ2) is 5.50. The zero-order chi connectivity index (χ0) is 10.5. The van der Waals surface area contributed by atoms with Gasteiger partial charge in [0.2, 0.25) is 0 Å². The van der Waals surface area contributed by atoms with E-state index in [2.05, 4.69) is 12.1 Å². The topological polar surface area (TPSA) is 18.5 Å². The summed E-state index contributed by atoms with van der Waals surface area (Å²) in [6.45, 7) is 0.628. The first kappa shape index (κ1) is 10.9. The Bertz CT molecular complexity index is 289. The minimum Gasteiger partial charge on any atom is -0.350 e. The molecule has 2 nitrogen and oxygen atoms in total. The number of halogens is 1. The first-order chi connectivity index (χ1) is 7.38. The Hall–Kier alpha value is -0.570. The molecule has 0 N–H and O–H groups in total. The molecule has 1 heterocycles. The summed E-state index contributed by atoms with van der Waals surface area (Å²) in [5.41, 5.74) is 1.32. The molecule has 1 saturated heterocycles. The lowest BCUT2D eigenvalue weighted by Crippen LogP contribution is -2.14. The first-order valence-corrected chi connectivity index (χ1v) is 5.79. The highest BCUT2D eigenvalue weighted by Crippen LogP contribution is 2.17. The van der Waals surface area contributed by atoms with Gasteiger partial charge in [-0.2, -0.15) is 0 Å². The van der Waals surface area contributed by atoms with Gasteiger partial charge in [-0.1, -0.05) is 30.3 Å². The van der Waals surface area contributed by atoms with Gasteiger partial charge in [-0.05, 0) is 12.0 Å². The van der Waals surface area contributed by atoms with E-state index in [9.17, 15) is 0 Å². The van der Waals surface area contributed by atoms with Crippen LogP contribution in [0.1, 0.15) is 12.0 Å². The predicted molar refractivity (Wildman–Crippen MR) is 60.1 cm³/mol. The highest BCUT2D eigenvalue weighted by atomic mass is 35.5. The SMILES string of the molecule is ClC[C@H]1CO[C@H](CCc2ccccc2)O1. The van der Waals surface area contributed by atoms with Crippen molar-refractivity contribution in [3.8, 4) is 0 Å². The summed E-state index contributed by atoms with van der Waals surface area (Å²) in [6.07, 6.45) is 1.89. The lowest BCUT2D eigenvalue weighted by molar-refractivity contribution is -0.0582. The molecule has 1 aromatic carbocycles. The Morgan fingerprint density at radius 3 is 2.73 bits per heavy atom. The standard InChI is InChI=1S/C12H15ClO2/c13-8-11-9-14-12(15-11)7-6-10-4-2-1-3-5-10/h1-5,11-12H,6-9H2/t11-,12-/m0/s1. The average molecular weight is 227 g/mol. The Balaban J connectivity index is 1.75. The van der Waals surface area contributed by atoms with Gasteiger partial charge in [0.15, 0.2) is 6.29 Å². The Morgan fingerprint density at radius 1 is 1.27 bits per heavy atom. The molecule has 2 rings (SSSR count). The van der Waals surface area contributed by atoms with Gasteiger partial charge < -0.3 is 9.47 Å². The van der Waals surface area contributed by atoms with Gasteiger partial charge >= 0.3 is 0 Å². The summed E-state index contributed by atoms with van der Waals surface area (Å²) in [6, 6.07) is 10.4. The van der Waals surface area contributed by atoms with Gasteiger partial charge in [-0.15, -0.1) is 11.6 Å². The Morgan fingerprint density at radius 2 is 2.07 bits per heavy atom. The van der Waals surface area contributed by atoms with E-state index in [1.807, 2.05) is 18.2 Å². The van der Waals surface area contributed by atoms with Crippen LogP contribution in [-0.2, 0) is 15.9 Å². The third-order valence-electron chi connectivity index (χ3n) is 2.50. The fraction of sp³-hybridized carbons (Fsp3) is 0.500. The summed E-state index contributed by atoms with van der Waals surface area (Å²) in [5.74, 6) is 0.516. The average Bonchev–Trinajstić information content (AvgIpc) is 2.76. The van der Waals surface area contributed by atoms with Gasteiger partial charge in [-0.3, -0.25) is 0 Å². The zero-order valence-electron chi connectivity index (χ0n) is 8.56. The third kappa shape index (κ3) is 3.20. The van der Waals surface area contributed by atoms with Crippen molar-refractivity contribution in [2.45, 2.75) is 25.2 Å². The molecule has 0 aromatic heterocycles. The van der Waals surface area contributed by atoms with Crippen LogP contribution in [-0.4, -0.2) is 24.9 Å². The minimum atomic E-state index is -0.0750. The van der Waals surface area contributed by atoms with Crippen LogP contribution in [0.4, 0.5) is 0 Å². The molecule has 1 aromatic rings. The van der Waals surface area contributed by atoms with E-state index in [4.69, 9.17) is 21.1 Å². The van der Waals surface area contributed by atoms with Crippen molar-refractivity contribution in [2.24, 2.45) is 0 Å². The molecule has 3 heteroatoms. The molecular formula is C12H15ClO2. The Labute approximate surface area is 95.1 Å². The van der Waals surface area contributed by atoms with Crippen LogP contribution in [0.15, 0.2) is 30.3 Å². The lowest BCUT2D eigenvalue weighted by Gasteiger charge is -2.09. The number of hydrogen-bond donors (Lipinski definition) is 0. The van der Waals surface area contributed by atoms with Crippen LogP contribution in [0, 0.1) is 0 Å². The maximum Gasteiger partial charge on any atom is 0.158 e. The lowest BCUT2D eigenvalue weighted by atomic mass is 10.1. The summed E-state index contributed by atoms with van der Waals surface area (Å²) in [4.78, 5) is 0. The zero-order valence-corrected chi connectivity index (χ0v) is 9.32. The van der Waals surface area contributed by atoms with Crippen LogP contribution in [0.5, 0.6) is 0 Å². The quantitative estimate of drug-likeness (QED) is 0.735. The summed E-state index contributed by atoms with van der Waals surface area (Å²) in [5, 5.41) is 0. The minimum absolute atomic E-state index is 0.0750. The summed E-state index contributed by atoms with van der Waals surface area (Å²) >= 11 is 5.69. The molecule has 0 spiro atoms. The van der Waals surface area contributed by atoms with Gasteiger partial charge in [0.05, 0.1) is 18.6 Å². The maximum atomic E-state index is 5.69. The fourth-order valence-corrected chi connectivity index (χ4v) is 1.83. The molecule has 0 unspecified atom stereocenters. The molecular weight excluding hydrogens is 212 g/mol. The summed E-state index contributed by atoms with van der Waals surface area (Å²) in [7, 11) is 0. The van der Waals surface area contributed by atoms with Crippen LogP contribution in [0.25, 0.3) is 0 Å². The molecule has 15 heavy (non-hydrogen) atoms. The highest BCUT2D eigenvalue weighted by molar-refractivity contribution is 6.18. The largest absolute Gasteiger partial charge is 0.350 e. The molecule has 0 amide bonds. The van der Waals surface area contributed by atoms with Crippen molar-refractivity contribution in [3.63, 3.8) is 0 Å².